The highest BCUT2D eigenvalue weighted by Gasteiger charge is 2.20. The van der Waals surface area contributed by atoms with Crippen LogP contribution in [-0.4, -0.2) is 55.1 Å². The summed E-state index contributed by atoms with van der Waals surface area (Å²) in [6.07, 6.45) is 0. The standard InChI is InChI=1S/C23H21FN4O3S/c24-16-5-6-18-20(14-16)32-23(26-18)28-11-9-27(10-12-28)8-7-25-21(29)17-13-15-3-1-2-4-19(15)31-22(17)30/h1-6,13-14H,7-12H2,(H,25,29). The predicted octanol–water partition coefficient (Wildman–Crippen LogP) is 3.09. The normalized spacial score (nSPS) is 14.8. The van der Waals surface area contributed by atoms with Crippen LogP contribution in [0.25, 0.3) is 21.2 Å². The third-order valence-corrected chi connectivity index (χ3v) is 6.66. The molecule has 1 saturated heterocycles. The first-order valence-electron chi connectivity index (χ1n) is 10.4. The average molecular weight is 453 g/mol. The van der Waals surface area contributed by atoms with Gasteiger partial charge in [-0.3, -0.25) is 9.69 Å². The molecule has 5 rings (SSSR count). The van der Waals surface area contributed by atoms with Crippen LogP contribution in [-0.2, 0) is 0 Å². The zero-order chi connectivity index (χ0) is 22.1. The van der Waals surface area contributed by atoms with Crippen LogP contribution in [0, 0.1) is 5.82 Å². The lowest BCUT2D eigenvalue weighted by molar-refractivity contribution is 0.0944. The number of fused-ring (bicyclic) bond motifs is 2. The van der Waals surface area contributed by atoms with Crippen LogP contribution in [0.2, 0.25) is 0 Å². The molecule has 1 fully saturated rings. The summed E-state index contributed by atoms with van der Waals surface area (Å²) < 4.78 is 19.5. The van der Waals surface area contributed by atoms with Gasteiger partial charge < -0.3 is 14.6 Å². The van der Waals surface area contributed by atoms with Gasteiger partial charge in [0.15, 0.2) is 5.13 Å². The van der Waals surface area contributed by atoms with Gasteiger partial charge in [-0.25, -0.2) is 14.2 Å². The Bertz CT molecular complexity index is 1340. The van der Waals surface area contributed by atoms with E-state index in [1.807, 2.05) is 6.07 Å². The molecule has 1 aliphatic heterocycles. The molecule has 0 bridgehead atoms. The topological polar surface area (TPSA) is 78.7 Å². The number of hydrogen-bond acceptors (Lipinski definition) is 7. The Morgan fingerprint density at radius 1 is 1.12 bits per heavy atom. The van der Waals surface area contributed by atoms with Gasteiger partial charge in [0.05, 0.1) is 10.2 Å². The third-order valence-electron chi connectivity index (χ3n) is 5.58. The Balaban J connectivity index is 1.14. The van der Waals surface area contributed by atoms with Gasteiger partial charge >= 0.3 is 5.63 Å². The second kappa shape index (κ2) is 8.68. The minimum atomic E-state index is -0.634. The molecule has 1 amide bonds. The minimum Gasteiger partial charge on any atom is -0.422 e. The lowest BCUT2D eigenvalue weighted by Gasteiger charge is -2.34. The summed E-state index contributed by atoms with van der Waals surface area (Å²) in [5, 5.41) is 4.44. The maximum Gasteiger partial charge on any atom is 0.349 e. The van der Waals surface area contributed by atoms with Crippen LogP contribution in [0.3, 0.4) is 0 Å². The summed E-state index contributed by atoms with van der Waals surface area (Å²) >= 11 is 1.50. The maximum absolute atomic E-state index is 13.4. The molecule has 3 heterocycles. The van der Waals surface area contributed by atoms with E-state index in [2.05, 4.69) is 20.1 Å². The number of carbonyl (C=O) groups is 1. The third kappa shape index (κ3) is 4.21. The number of carbonyl (C=O) groups excluding carboxylic acids is 1. The fourth-order valence-electron chi connectivity index (χ4n) is 3.83. The van der Waals surface area contributed by atoms with Gasteiger partial charge in [-0.05, 0) is 30.3 Å². The Labute approximate surface area is 187 Å². The quantitative estimate of drug-likeness (QED) is 0.469. The molecule has 0 saturated carbocycles. The smallest absolute Gasteiger partial charge is 0.349 e. The van der Waals surface area contributed by atoms with Crippen molar-refractivity contribution in [1.29, 1.82) is 0 Å². The second-order valence-electron chi connectivity index (χ2n) is 7.68. The monoisotopic (exact) mass is 452 g/mol. The lowest BCUT2D eigenvalue weighted by Crippen LogP contribution is -2.48. The van der Waals surface area contributed by atoms with E-state index in [0.29, 0.717) is 24.1 Å². The molecule has 2 aromatic heterocycles. The van der Waals surface area contributed by atoms with E-state index >= 15 is 0 Å². The van der Waals surface area contributed by atoms with Crippen molar-refractivity contribution in [3.8, 4) is 0 Å². The SMILES string of the molecule is O=C(NCCN1CCN(c2nc3ccc(F)cc3s2)CC1)c1cc2ccccc2oc1=O. The fraction of sp³-hybridized carbons (Fsp3) is 0.261. The Morgan fingerprint density at radius 2 is 1.94 bits per heavy atom. The molecule has 32 heavy (non-hydrogen) atoms. The molecule has 0 aliphatic carbocycles. The van der Waals surface area contributed by atoms with Crippen LogP contribution >= 0.6 is 11.3 Å². The summed E-state index contributed by atoms with van der Waals surface area (Å²) in [5.74, 6) is -0.675. The molecule has 7 nitrogen and oxygen atoms in total. The highest BCUT2D eigenvalue weighted by Crippen LogP contribution is 2.29. The van der Waals surface area contributed by atoms with Crippen LogP contribution < -0.4 is 15.8 Å². The number of amides is 1. The molecule has 0 radical (unpaired) electrons. The average Bonchev–Trinajstić information content (AvgIpc) is 3.22. The number of nitrogens with zero attached hydrogens (tertiary/aromatic N) is 3. The van der Waals surface area contributed by atoms with Gasteiger partial charge in [0.1, 0.15) is 17.0 Å². The number of piperazine rings is 1. The van der Waals surface area contributed by atoms with Crippen molar-refractivity contribution >= 4 is 43.6 Å². The van der Waals surface area contributed by atoms with Crippen molar-refractivity contribution in [2.45, 2.75) is 0 Å². The molecule has 0 unspecified atom stereocenters. The number of rotatable bonds is 5. The van der Waals surface area contributed by atoms with Crippen molar-refractivity contribution in [2.24, 2.45) is 0 Å². The van der Waals surface area contributed by atoms with Crippen LogP contribution in [0.15, 0.2) is 57.7 Å². The largest absolute Gasteiger partial charge is 0.422 e. The van der Waals surface area contributed by atoms with E-state index in [0.717, 1.165) is 41.5 Å². The zero-order valence-corrected chi connectivity index (χ0v) is 18.0. The van der Waals surface area contributed by atoms with Crippen LogP contribution in [0.4, 0.5) is 9.52 Å². The number of aromatic nitrogens is 1. The number of nitrogens with one attached hydrogen (secondary N) is 1. The molecule has 0 atom stereocenters. The predicted molar refractivity (Wildman–Crippen MR) is 123 cm³/mol. The number of benzene rings is 2. The molecule has 164 valence electrons. The first kappa shape index (κ1) is 20.6. The molecule has 1 N–H and O–H groups in total. The maximum atomic E-state index is 13.4. The van der Waals surface area contributed by atoms with E-state index in [1.54, 1.807) is 30.3 Å². The van der Waals surface area contributed by atoms with E-state index in [4.69, 9.17) is 4.42 Å². The summed E-state index contributed by atoms with van der Waals surface area (Å²) in [6, 6.07) is 13.3. The van der Waals surface area contributed by atoms with E-state index in [9.17, 15) is 14.0 Å². The Morgan fingerprint density at radius 3 is 2.78 bits per heavy atom. The molecule has 2 aromatic carbocycles. The van der Waals surface area contributed by atoms with Gasteiger partial charge in [0.25, 0.3) is 5.91 Å². The van der Waals surface area contributed by atoms with E-state index < -0.39 is 11.5 Å². The number of hydrogen-bond donors (Lipinski definition) is 1. The number of halogens is 1. The Hall–Kier alpha value is -3.30. The van der Waals surface area contributed by atoms with Crippen molar-refractivity contribution in [1.82, 2.24) is 15.2 Å². The minimum absolute atomic E-state index is 0.0146. The molecule has 9 heteroatoms. The van der Waals surface area contributed by atoms with E-state index in [-0.39, 0.29) is 11.4 Å². The van der Waals surface area contributed by atoms with Crippen LogP contribution in [0.1, 0.15) is 10.4 Å². The molecular weight excluding hydrogens is 431 g/mol. The first-order valence-corrected chi connectivity index (χ1v) is 11.2. The molecular formula is C23H21FN4O3S. The van der Waals surface area contributed by atoms with Crippen molar-refractivity contribution in [2.75, 3.05) is 44.2 Å². The summed E-state index contributed by atoms with van der Waals surface area (Å²) in [5.41, 5.74) is 0.659. The van der Waals surface area contributed by atoms with Gasteiger partial charge in [0.2, 0.25) is 0 Å². The molecule has 1 aliphatic rings. The van der Waals surface area contributed by atoms with E-state index in [1.165, 1.54) is 23.5 Å². The van der Waals surface area contributed by atoms with Gasteiger partial charge in [-0.15, -0.1) is 0 Å². The first-order chi connectivity index (χ1) is 15.6. The fourth-order valence-corrected chi connectivity index (χ4v) is 4.87. The molecule has 0 spiro atoms. The second-order valence-corrected chi connectivity index (χ2v) is 8.69. The van der Waals surface area contributed by atoms with Crippen molar-refractivity contribution in [3.63, 3.8) is 0 Å². The summed E-state index contributed by atoms with van der Waals surface area (Å²) in [6.45, 7) is 4.40. The number of para-hydroxylation sites is 1. The summed E-state index contributed by atoms with van der Waals surface area (Å²) in [7, 11) is 0. The van der Waals surface area contributed by atoms with Gasteiger partial charge in [-0.2, -0.15) is 0 Å². The van der Waals surface area contributed by atoms with Crippen LogP contribution in [0.5, 0.6) is 0 Å². The van der Waals surface area contributed by atoms with Gasteiger partial charge in [-0.1, -0.05) is 29.5 Å². The highest BCUT2D eigenvalue weighted by atomic mass is 32.1. The van der Waals surface area contributed by atoms with Crippen molar-refractivity contribution < 1.29 is 13.6 Å². The summed E-state index contributed by atoms with van der Waals surface area (Å²) in [4.78, 5) is 33.7. The van der Waals surface area contributed by atoms with Gasteiger partial charge in [0, 0.05) is 44.7 Å². The highest BCUT2D eigenvalue weighted by molar-refractivity contribution is 7.22. The number of thiazole rings is 1. The molecule has 4 aromatic rings. The van der Waals surface area contributed by atoms with Crippen molar-refractivity contribution in [3.05, 3.63) is 70.3 Å². The lowest BCUT2D eigenvalue weighted by atomic mass is 10.2. The Kier molecular flexibility index (Phi) is 5.59. The zero-order valence-electron chi connectivity index (χ0n) is 17.2. The number of anilines is 1.